The number of benzene rings is 1. The molecule has 0 bridgehead atoms. The lowest BCUT2D eigenvalue weighted by atomic mass is 9.96. The summed E-state index contributed by atoms with van der Waals surface area (Å²) in [7, 11) is 0. The minimum atomic E-state index is 0.579. The van der Waals surface area contributed by atoms with E-state index in [0.717, 1.165) is 25.3 Å². The molecule has 1 N–H and O–H groups in total. The third-order valence-corrected chi connectivity index (χ3v) is 3.93. The largest absolute Gasteiger partial charge is 0.453 e. The zero-order valence-corrected chi connectivity index (χ0v) is 12.5. The lowest BCUT2D eigenvalue weighted by Crippen LogP contribution is -2.31. The number of para-hydroxylation sites is 1. The number of nitrogens with one attached hydrogen (secondary N) is 1. The van der Waals surface area contributed by atoms with Gasteiger partial charge in [0, 0.05) is 6.42 Å². The molecule has 1 unspecified atom stereocenters. The van der Waals surface area contributed by atoms with E-state index in [2.05, 4.69) is 15.3 Å². The fourth-order valence-corrected chi connectivity index (χ4v) is 2.69. The van der Waals surface area contributed by atoms with Gasteiger partial charge in [0.05, 0.1) is 17.4 Å². The molecule has 1 aromatic heterocycles. The van der Waals surface area contributed by atoms with Crippen LogP contribution in [0.5, 0.6) is 11.5 Å². The summed E-state index contributed by atoms with van der Waals surface area (Å²) < 4.78 is 5.68. The van der Waals surface area contributed by atoms with Gasteiger partial charge in [0.15, 0.2) is 5.75 Å². The number of hydrogen-bond donors (Lipinski definition) is 1. The summed E-state index contributed by atoms with van der Waals surface area (Å²) in [4.78, 5) is 8.78. The van der Waals surface area contributed by atoms with Crippen LogP contribution in [0.3, 0.4) is 0 Å². The van der Waals surface area contributed by atoms with Gasteiger partial charge in [0.1, 0.15) is 11.6 Å². The van der Waals surface area contributed by atoms with Gasteiger partial charge in [-0.1, -0.05) is 23.7 Å². The molecule has 1 fully saturated rings. The van der Waals surface area contributed by atoms with Gasteiger partial charge < -0.3 is 10.1 Å². The second-order valence-corrected chi connectivity index (χ2v) is 5.69. The van der Waals surface area contributed by atoms with Crippen LogP contribution in [-0.4, -0.2) is 23.1 Å². The van der Waals surface area contributed by atoms with Crippen LogP contribution in [0.25, 0.3) is 0 Å². The molecular formula is C16H18ClN3O. The Bertz CT molecular complexity index is 582. The summed E-state index contributed by atoms with van der Waals surface area (Å²) in [6.07, 6.45) is 6.82. The van der Waals surface area contributed by atoms with Crippen LogP contribution in [0, 0.1) is 5.92 Å². The minimum absolute atomic E-state index is 0.579. The quantitative estimate of drug-likeness (QED) is 0.939. The van der Waals surface area contributed by atoms with Crippen LogP contribution in [0.2, 0.25) is 5.02 Å². The minimum Gasteiger partial charge on any atom is -0.453 e. The third-order valence-electron chi connectivity index (χ3n) is 3.62. The van der Waals surface area contributed by atoms with E-state index in [1.54, 1.807) is 18.5 Å². The number of ether oxygens (including phenoxy) is 1. The number of nitrogens with zero attached hydrogens (tertiary/aromatic N) is 2. The highest BCUT2D eigenvalue weighted by atomic mass is 35.5. The second kappa shape index (κ2) is 6.87. The fraction of sp³-hybridized carbons (Fsp3) is 0.375. The van der Waals surface area contributed by atoms with E-state index < -0.39 is 0 Å². The molecule has 110 valence electrons. The summed E-state index contributed by atoms with van der Waals surface area (Å²) in [6.45, 7) is 2.18. The predicted octanol–water partition coefficient (Wildman–Crippen LogP) is 3.46. The van der Waals surface area contributed by atoms with Gasteiger partial charge in [-0.05, 0) is 44.0 Å². The average Bonchev–Trinajstić information content (AvgIpc) is 2.52. The Labute approximate surface area is 129 Å². The van der Waals surface area contributed by atoms with E-state index >= 15 is 0 Å². The first-order chi connectivity index (χ1) is 10.3. The van der Waals surface area contributed by atoms with Crippen LogP contribution in [0.4, 0.5) is 0 Å². The number of piperidine rings is 1. The maximum absolute atomic E-state index is 6.06. The molecule has 1 aliphatic rings. The highest BCUT2D eigenvalue weighted by molar-refractivity contribution is 6.32. The van der Waals surface area contributed by atoms with Gasteiger partial charge in [-0.3, -0.25) is 0 Å². The van der Waals surface area contributed by atoms with Crippen LogP contribution in [-0.2, 0) is 6.42 Å². The Morgan fingerprint density at radius 1 is 1.24 bits per heavy atom. The van der Waals surface area contributed by atoms with Gasteiger partial charge in [-0.2, -0.15) is 0 Å². The smallest absolute Gasteiger partial charge is 0.164 e. The van der Waals surface area contributed by atoms with Crippen molar-refractivity contribution in [1.29, 1.82) is 0 Å². The maximum Gasteiger partial charge on any atom is 0.164 e. The normalized spacial score (nSPS) is 18.4. The molecule has 0 spiro atoms. The maximum atomic E-state index is 6.06. The summed E-state index contributed by atoms with van der Waals surface area (Å²) in [6, 6.07) is 7.37. The lowest BCUT2D eigenvalue weighted by Gasteiger charge is -2.21. The van der Waals surface area contributed by atoms with E-state index in [1.807, 2.05) is 18.2 Å². The van der Waals surface area contributed by atoms with Crippen molar-refractivity contribution >= 4 is 11.6 Å². The van der Waals surface area contributed by atoms with Gasteiger partial charge >= 0.3 is 0 Å². The van der Waals surface area contributed by atoms with Crippen molar-refractivity contribution in [3.05, 3.63) is 47.5 Å². The predicted molar refractivity (Wildman–Crippen MR) is 82.9 cm³/mol. The monoisotopic (exact) mass is 303 g/mol. The van der Waals surface area contributed by atoms with Crippen LogP contribution >= 0.6 is 11.6 Å². The first-order valence-corrected chi connectivity index (χ1v) is 7.63. The molecule has 0 saturated carbocycles. The topological polar surface area (TPSA) is 47.0 Å². The van der Waals surface area contributed by atoms with Crippen LogP contribution in [0.1, 0.15) is 18.7 Å². The Balaban J connectivity index is 1.62. The van der Waals surface area contributed by atoms with Crippen molar-refractivity contribution in [3.8, 4) is 11.5 Å². The van der Waals surface area contributed by atoms with E-state index in [4.69, 9.17) is 16.3 Å². The molecule has 2 heterocycles. The van der Waals surface area contributed by atoms with E-state index in [-0.39, 0.29) is 0 Å². The molecule has 0 aliphatic carbocycles. The molecule has 1 aliphatic heterocycles. The summed E-state index contributed by atoms with van der Waals surface area (Å²) in [5.74, 6) is 2.73. The first kappa shape index (κ1) is 14.3. The Morgan fingerprint density at radius 2 is 2.05 bits per heavy atom. The third kappa shape index (κ3) is 3.93. The summed E-state index contributed by atoms with van der Waals surface area (Å²) in [5, 5.41) is 3.99. The molecular weight excluding hydrogens is 286 g/mol. The molecule has 0 radical (unpaired) electrons. The molecule has 0 amide bonds. The number of rotatable bonds is 4. The van der Waals surface area contributed by atoms with Gasteiger partial charge in [0.25, 0.3) is 0 Å². The standard InChI is InChI=1S/C16H18ClN3O/c17-14-5-1-2-6-15(14)21-13-10-19-16(20-11-13)8-12-4-3-7-18-9-12/h1-2,5-6,10-12,18H,3-4,7-9H2. The van der Waals surface area contributed by atoms with E-state index in [0.29, 0.717) is 22.4 Å². The molecule has 4 nitrogen and oxygen atoms in total. The van der Waals surface area contributed by atoms with Crippen molar-refractivity contribution < 1.29 is 4.74 Å². The van der Waals surface area contributed by atoms with Crippen molar-refractivity contribution in [2.75, 3.05) is 13.1 Å². The average molecular weight is 304 g/mol. The van der Waals surface area contributed by atoms with Crippen LogP contribution in [0.15, 0.2) is 36.7 Å². The van der Waals surface area contributed by atoms with Gasteiger partial charge in [-0.15, -0.1) is 0 Å². The molecule has 3 rings (SSSR count). The zero-order valence-electron chi connectivity index (χ0n) is 11.8. The highest BCUT2D eigenvalue weighted by Crippen LogP contribution is 2.28. The van der Waals surface area contributed by atoms with Crippen molar-refractivity contribution in [3.63, 3.8) is 0 Å². The highest BCUT2D eigenvalue weighted by Gasteiger charge is 2.14. The molecule has 5 heteroatoms. The SMILES string of the molecule is Clc1ccccc1Oc1cnc(CC2CCCNC2)nc1. The van der Waals surface area contributed by atoms with Crippen molar-refractivity contribution in [2.45, 2.75) is 19.3 Å². The summed E-state index contributed by atoms with van der Waals surface area (Å²) in [5.41, 5.74) is 0. The van der Waals surface area contributed by atoms with E-state index in [1.165, 1.54) is 12.8 Å². The number of hydrogen-bond acceptors (Lipinski definition) is 4. The van der Waals surface area contributed by atoms with Gasteiger partial charge in [-0.25, -0.2) is 9.97 Å². The molecule has 1 saturated heterocycles. The van der Waals surface area contributed by atoms with Crippen molar-refractivity contribution in [1.82, 2.24) is 15.3 Å². The Hall–Kier alpha value is -1.65. The number of aromatic nitrogens is 2. The molecule has 21 heavy (non-hydrogen) atoms. The zero-order chi connectivity index (χ0) is 14.5. The molecule has 1 atom stereocenters. The van der Waals surface area contributed by atoms with Crippen LogP contribution < -0.4 is 10.1 Å². The van der Waals surface area contributed by atoms with Crippen molar-refractivity contribution in [2.24, 2.45) is 5.92 Å². The fourth-order valence-electron chi connectivity index (χ4n) is 2.51. The molecule has 1 aromatic carbocycles. The lowest BCUT2D eigenvalue weighted by molar-refractivity contribution is 0.370. The Morgan fingerprint density at radius 3 is 2.76 bits per heavy atom. The second-order valence-electron chi connectivity index (χ2n) is 5.28. The first-order valence-electron chi connectivity index (χ1n) is 7.25. The van der Waals surface area contributed by atoms with Gasteiger partial charge in [0.2, 0.25) is 0 Å². The van der Waals surface area contributed by atoms with E-state index in [9.17, 15) is 0 Å². The molecule has 2 aromatic rings. The Kier molecular flexibility index (Phi) is 4.68. The summed E-state index contributed by atoms with van der Waals surface area (Å²) >= 11 is 6.06. The number of halogens is 1.